The van der Waals surface area contributed by atoms with Crippen LogP contribution in [0.25, 0.3) is 0 Å². The van der Waals surface area contributed by atoms with E-state index in [1.54, 1.807) is 6.07 Å². The fraction of sp³-hybridized carbons (Fsp3) is 0.412. The first-order chi connectivity index (χ1) is 12.3. The average molecular weight is 482 g/mol. The normalized spacial score (nSPS) is 19.5. The van der Waals surface area contributed by atoms with Crippen molar-refractivity contribution in [3.63, 3.8) is 0 Å². The largest absolute Gasteiger partial charge is 0.391 e. The maximum atomic E-state index is 14.1. The van der Waals surface area contributed by atoms with E-state index in [0.29, 0.717) is 46.8 Å². The molecule has 26 heavy (non-hydrogen) atoms. The van der Waals surface area contributed by atoms with Crippen LogP contribution >= 0.6 is 50.9 Å². The molecule has 3 rings (SSSR count). The molecule has 0 aliphatic heterocycles. The lowest BCUT2D eigenvalue weighted by atomic mass is 9.76. The predicted octanol–water partition coefficient (Wildman–Crippen LogP) is 4.67. The second kappa shape index (κ2) is 7.89. The first-order valence-electron chi connectivity index (χ1n) is 7.90. The molecule has 0 fully saturated rings. The van der Waals surface area contributed by atoms with E-state index in [1.165, 1.54) is 11.8 Å². The van der Waals surface area contributed by atoms with Crippen molar-refractivity contribution in [2.45, 2.75) is 43.0 Å². The number of halogens is 4. The molecule has 0 saturated carbocycles. The number of hydrogen-bond acceptors (Lipinski definition) is 5. The zero-order valence-corrected chi connectivity index (χ0v) is 17.7. The van der Waals surface area contributed by atoms with Gasteiger partial charge in [-0.3, -0.25) is 0 Å². The fourth-order valence-corrected chi connectivity index (χ4v) is 4.84. The van der Waals surface area contributed by atoms with E-state index >= 15 is 0 Å². The molecule has 1 unspecified atom stereocenters. The molecule has 140 valence electrons. The summed E-state index contributed by atoms with van der Waals surface area (Å²) in [6.07, 6.45) is 3.66. The molecule has 0 amide bonds. The van der Waals surface area contributed by atoms with Crippen LogP contribution in [0.1, 0.15) is 35.2 Å². The number of rotatable bonds is 4. The molecule has 0 radical (unpaired) electrons. The van der Waals surface area contributed by atoms with Crippen molar-refractivity contribution >= 4 is 50.9 Å². The lowest BCUT2D eigenvalue weighted by Crippen LogP contribution is -2.34. The van der Waals surface area contributed by atoms with Crippen molar-refractivity contribution < 1.29 is 14.6 Å². The van der Waals surface area contributed by atoms with Crippen molar-refractivity contribution in [2.75, 3.05) is 6.26 Å². The van der Waals surface area contributed by atoms with Crippen LogP contribution in [0, 0.1) is 5.82 Å². The van der Waals surface area contributed by atoms with Gasteiger partial charge in [0.15, 0.2) is 11.0 Å². The molecule has 0 bridgehead atoms. The van der Waals surface area contributed by atoms with E-state index in [2.05, 4.69) is 25.9 Å². The molecule has 1 aromatic heterocycles. The molecule has 1 aliphatic rings. The smallest absolute Gasteiger partial charge is 0.188 e. The molecule has 0 saturated heterocycles. The summed E-state index contributed by atoms with van der Waals surface area (Å²) < 4.78 is 14.3. The Labute approximate surface area is 173 Å². The summed E-state index contributed by atoms with van der Waals surface area (Å²) in [6, 6.07) is 1.58. The number of nitrogens with zero attached hydrogens (tertiary/aromatic N) is 2. The number of aliphatic hydroxyl groups is 2. The zero-order chi connectivity index (χ0) is 19.1. The van der Waals surface area contributed by atoms with Crippen LogP contribution in [0.5, 0.6) is 0 Å². The van der Waals surface area contributed by atoms with Gasteiger partial charge in [0.2, 0.25) is 0 Å². The standard InChI is InChI=1S/C17H16BrCl2FN2O2S/c1-26-16-22-12(9(7-24)15(20)23-16)6-17(25)4-2-3-8-10(17)5-11(18)14(21)13(8)19/h5,24-25H,2-4,6-7H2,1H3. The van der Waals surface area contributed by atoms with Gasteiger partial charge in [0.05, 0.1) is 27.4 Å². The Balaban J connectivity index is 2.11. The minimum atomic E-state index is -1.29. The van der Waals surface area contributed by atoms with Crippen LogP contribution in [0.15, 0.2) is 15.7 Å². The topological polar surface area (TPSA) is 66.2 Å². The zero-order valence-electron chi connectivity index (χ0n) is 13.8. The number of hydrogen-bond donors (Lipinski definition) is 2. The summed E-state index contributed by atoms with van der Waals surface area (Å²) in [5.41, 5.74) is 0.759. The van der Waals surface area contributed by atoms with E-state index in [0.717, 1.165) is 0 Å². The quantitative estimate of drug-likeness (QED) is 0.287. The first-order valence-corrected chi connectivity index (χ1v) is 10.7. The lowest BCUT2D eigenvalue weighted by Gasteiger charge is -2.35. The van der Waals surface area contributed by atoms with Crippen molar-refractivity contribution in [1.82, 2.24) is 9.97 Å². The second-order valence-corrected chi connectivity index (χ2v) is 8.52. The van der Waals surface area contributed by atoms with Crippen LogP contribution in [0.3, 0.4) is 0 Å². The SMILES string of the molecule is CSc1nc(Cl)c(CO)c(CC2(O)CCCc3c2cc(Br)c(F)c3Cl)n1. The van der Waals surface area contributed by atoms with E-state index < -0.39 is 11.4 Å². The van der Waals surface area contributed by atoms with Gasteiger partial charge in [-0.25, -0.2) is 14.4 Å². The highest BCUT2D eigenvalue weighted by molar-refractivity contribution is 9.10. The maximum absolute atomic E-state index is 14.1. The summed E-state index contributed by atoms with van der Waals surface area (Å²) in [7, 11) is 0. The third-order valence-corrected chi connectivity index (χ3v) is 6.44. The first kappa shape index (κ1) is 20.3. The number of fused-ring (bicyclic) bond motifs is 1. The molecule has 1 aliphatic carbocycles. The lowest BCUT2D eigenvalue weighted by molar-refractivity contribution is 0.0173. The molecule has 9 heteroatoms. The number of aliphatic hydroxyl groups excluding tert-OH is 1. The third-order valence-electron chi connectivity index (χ3n) is 4.60. The minimum absolute atomic E-state index is 0.0282. The molecule has 2 aromatic rings. The second-order valence-electron chi connectivity index (χ2n) is 6.16. The monoisotopic (exact) mass is 480 g/mol. The Morgan fingerprint density at radius 2 is 2.12 bits per heavy atom. The Morgan fingerprint density at radius 1 is 1.38 bits per heavy atom. The van der Waals surface area contributed by atoms with Crippen LogP contribution in [0.2, 0.25) is 10.2 Å². The average Bonchev–Trinajstić information content (AvgIpc) is 2.60. The number of benzene rings is 1. The molecule has 1 aromatic carbocycles. The Bertz CT molecular complexity index is 871. The molecule has 1 heterocycles. The summed E-state index contributed by atoms with van der Waals surface area (Å²) >= 11 is 16.8. The Morgan fingerprint density at radius 3 is 2.77 bits per heavy atom. The van der Waals surface area contributed by atoms with Crippen molar-refractivity contribution in [3.8, 4) is 0 Å². The van der Waals surface area contributed by atoms with E-state index in [4.69, 9.17) is 23.2 Å². The highest BCUT2D eigenvalue weighted by Crippen LogP contribution is 2.44. The highest BCUT2D eigenvalue weighted by atomic mass is 79.9. The minimum Gasteiger partial charge on any atom is -0.391 e. The van der Waals surface area contributed by atoms with Gasteiger partial charge >= 0.3 is 0 Å². The maximum Gasteiger partial charge on any atom is 0.188 e. The van der Waals surface area contributed by atoms with Gasteiger partial charge in [0.25, 0.3) is 0 Å². The fourth-order valence-electron chi connectivity index (χ4n) is 3.32. The summed E-state index contributed by atoms with van der Waals surface area (Å²) in [6.45, 7) is -0.334. The van der Waals surface area contributed by atoms with Crippen molar-refractivity contribution in [2.24, 2.45) is 0 Å². The Hall–Kier alpha value is -0.440. The summed E-state index contributed by atoms with van der Waals surface area (Å²) in [5, 5.41) is 21.7. The van der Waals surface area contributed by atoms with Gasteiger partial charge in [0.1, 0.15) is 5.15 Å². The molecule has 4 nitrogen and oxygen atoms in total. The van der Waals surface area contributed by atoms with Crippen molar-refractivity contribution in [3.05, 3.63) is 48.9 Å². The predicted molar refractivity (Wildman–Crippen MR) is 104 cm³/mol. The van der Waals surface area contributed by atoms with Gasteiger partial charge in [-0.05, 0) is 58.6 Å². The van der Waals surface area contributed by atoms with E-state index in [9.17, 15) is 14.6 Å². The molecule has 1 atom stereocenters. The third kappa shape index (κ3) is 3.62. The van der Waals surface area contributed by atoms with E-state index in [1.807, 2.05) is 6.26 Å². The highest BCUT2D eigenvalue weighted by Gasteiger charge is 2.38. The summed E-state index contributed by atoms with van der Waals surface area (Å²) in [5.74, 6) is -0.527. The molecular weight excluding hydrogens is 466 g/mol. The van der Waals surface area contributed by atoms with E-state index in [-0.39, 0.29) is 27.7 Å². The van der Waals surface area contributed by atoms with Crippen LogP contribution < -0.4 is 0 Å². The van der Waals surface area contributed by atoms with Gasteiger partial charge < -0.3 is 10.2 Å². The molecule has 0 spiro atoms. The van der Waals surface area contributed by atoms with Crippen LogP contribution in [-0.4, -0.2) is 26.4 Å². The van der Waals surface area contributed by atoms with Gasteiger partial charge in [-0.15, -0.1) is 0 Å². The molecule has 2 N–H and O–H groups in total. The van der Waals surface area contributed by atoms with Gasteiger partial charge in [-0.2, -0.15) is 0 Å². The number of thioether (sulfide) groups is 1. The Kier molecular flexibility index (Phi) is 6.16. The van der Waals surface area contributed by atoms with Gasteiger partial charge in [-0.1, -0.05) is 35.0 Å². The van der Waals surface area contributed by atoms with Crippen molar-refractivity contribution in [1.29, 1.82) is 0 Å². The molecular formula is C17H16BrCl2FN2O2S. The number of aromatic nitrogens is 2. The summed E-state index contributed by atoms with van der Waals surface area (Å²) in [4.78, 5) is 8.55. The van der Waals surface area contributed by atoms with Crippen LogP contribution in [0.4, 0.5) is 4.39 Å². The van der Waals surface area contributed by atoms with Crippen LogP contribution in [-0.2, 0) is 25.0 Å². The van der Waals surface area contributed by atoms with Gasteiger partial charge in [0, 0.05) is 12.0 Å².